The van der Waals surface area contributed by atoms with E-state index in [0.29, 0.717) is 28.9 Å². The number of rotatable bonds is 17. The zero-order chi connectivity index (χ0) is 33.7. The lowest BCUT2D eigenvalue weighted by Gasteiger charge is -2.18. The molecule has 0 amide bonds. The number of cyclic esters (lactones) is 1. The van der Waals surface area contributed by atoms with Gasteiger partial charge in [0.15, 0.2) is 6.10 Å². The standard InChI is InChI=1S/C31H40O14/c1-17(7-9-23-29(37)28-24(15-42-31(28)38)19(3)30(23)39-6)8-10-25(34)43-16-44-26(35)11-18(2)12-27(36)45-22(13-40-20(4)32)14-41-21(5)33/h7,18,22,37H,8-16H2,1-6H3/b17-7+. The van der Waals surface area contributed by atoms with Gasteiger partial charge in [0.05, 0.1) is 7.11 Å². The molecule has 248 valence electrons. The molecule has 0 saturated carbocycles. The van der Waals surface area contributed by atoms with E-state index in [-0.39, 0.29) is 56.8 Å². The number of phenolic OH excluding ortho intramolecular Hbond substituents is 1. The predicted octanol–water partition coefficient (Wildman–Crippen LogP) is 3.15. The SMILES string of the molecule is COc1c(C)c2c(c(O)c1C/C=C(\C)CCC(=O)OCOC(=O)CC(C)CC(=O)OC(COC(C)=O)COC(C)=O)C(=O)OC2. The first kappa shape index (κ1) is 36.6. The van der Waals surface area contributed by atoms with Crippen LogP contribution in [0, 0.1) is 12.8 Å². The number of aromatic hydroxyl groups is 1. The van der Waals surface area contributed by atoms with E-state index in [9.17, 15) is 33.9 Å². The average Bonchev–Trinajstić information content (AvgIpc) is 3.35. The Labute approximate surface area is 260 Å². The Morgan fingerprint density at radius 1 is 0.911 bits per heavy atom. The molecule has 0 saturated heterocycles. The van der Waals surface area contributed by atoms with Crippen LogP contribution in [0.1, 0.15) is 80.4 Å². The van der Waals surface area contributed by atoms with Crippen molar-refractivity contribution in [2.45, 2.75) is 79.4 Å². The van der Waals surface area contributed by atoms with Crippen molar-refractivity contribution >= 4 is 35.8 Å². The van der Waals surface area contributed by atoms with Crippen LogP contribution in [0.2, 0.25) is 0 Å². The summed E-state index contributed by atoms with van der Waals surface area (Å²) in [6, 6.07) is 0. The zero-order valence-corrected chi connectivity index (χ0v) is 26.4. The lowest BCUT2D eigenvalue weighted by molar-refractivity contribution is -0.169. The van der Waals surface area contributed by atoms with E-state index in [2.05, 4.69) is 0 Å². The largest absolute Gasteiger partial charge is 0.507 e. The average molecular weight is 637 g/mol. The van der Waals surface area contributed by atoms with E-state index < -0.39 is 54.6 Å². The van der Waals surface area contributed by atoms with Crippen LogP contribution in [-0.4, -0.2) is 74.1 Å². The van der Waals surface area contributed by atoms with E-state index >= 15 is 0 Å². The Bertz CT molecular complexity index is 1290. The fraction of sp³-hybridized carbons (Fsp3) is 0.548. The van der Waals surface area contributed by atoms with Crippen molar-refractivity contribution in [3.8, 4) is 11.5 Å². The highest BCUT2D eigenvalue weighted by atomic mass is 16.7. The van der Waals surface area contributed by atoms with E-state index in [1.54, 1.807) is 26.8 Å². The summed E-state index contributed by atoms with van der Waals surface area (Å²) in [7, 11) is 1.48. The molecule has 45 heavy (non-hydrogen) atoms. The van der Waals surface area contributed by atoms with Gasteiger partial charge in [-0.3, -0.25) is 24.0 Å². The summed E-state index contributed by atoms with van der Waals surface area (Å²) in [5.74, 6) is -3.99. The van der Waals surface area contributed by atoms with E-state index in [0.717, 1.165) is 5.57 Å². The van der Waals surface area contributed by atoms with Crippen molar-refractivity contribution in [1.29, 1.82) is 0 Å². The number of benzene rings is 1. The third-order valence-electron chi connectivity index (χ3n) is 6.74. The minimum absolute atomic E-state index is 0.00262. The van der Waals surface area contributed by atoms with E-state index in [4.69, 9.17) is 33.2 Å². The molecule has 0 fully saturated rings. The fourth-order valence-electron chi connectivity index (χ4n) is 4.41. The Morgan fingerprint density at radius 3 is 2.11 bits per heavy atom. The highest BCUT2D eigenvalue weighted by Gasteiger charge is 2.32. The molecule has 14 nitrogen and oxygen atoms in total. The molecule has 1 aliphatic rings. The number of esters is 6. The molecule has 1 heterocycles. The maximum Gasteiger partial charge on any atom is 0.342 e. The number of hydrogen-bond donors (Lipinski definition) is 1. The molecule has 1 N–H and O–H groups in total. The minimum atomic E-state index is -0.999. The Hall–Kier alpha value is -4.62. The molecule has 0 spiro atoms. The molecule has 1 aromatic carbocycles. The minimum Gasteiger partial charge on any atom is -0.507 e. The third-order valence-corrected chi connectivity index (χ3v) is 6.74. The van der Waals surface area contributed by atoms with Crippen molar-refractivity contribution in [1.82, 2.24) is 0 Å². The van der Waals surface area contributed by atoms with Crippen molar-refractivity contribution < 1.29 is 67.0 Å². The molecule has 0 aliphatic carbocycles. The lowest BCUT2D eigenvalue weighted by Crippen LogP contribution is -2.30. The van der Waals surface area contributed by atoms with Gasteiger partial charge >= 0.3 is 35.8 Å². The van der Waals surface area contributed by atoms with Gasteiger partial charge in [0.25, 0.3) is 0 Å². The molecule has 1 atom stereocenters. The quantitative estimate of drug-likeness (QED) is 0.114. The van der Waals surface area contributed by atoms with Gasteiger partial charge in [-0.2, -0.15) is 0 Å². The fourth-order valence-corrected chi connectivity index (χ4v) is 4.41. The van der Waals surface area contributed by atoms with Crippen LogP contribution in [0.4, 0.5) is 0 Å². The van der Waals surface area contributed by atoms with Crippen LogP contribution in [-0.2, 0) is 65.4 Å². The monoisotopic (exact) mass is 636 g/mol. The molecular weight excluding hydrogens is 596 g/mol. The first-order valence-corrected chi connectivity index (χ1v) is 14.2. The summed E-state index contributed by atoms with van der Waals surface area (Å²) < 4.78 is 35.3. The number of allylic oxidation sites excluding steroid dienone is 2. The number of ether oxygens (including phenoxy) is 7. The molecule has 1 aromatic rings. The number of carbonyl (C=O) groups is 6. The van der Waals surface area contributed by atoms with Crippen LogP contribution in [0.15, 0.2) is 11.6 Å². The predicted molar refractivity (Wildman–Crippen MR) is 154 cm³/mol. The second-order valence-corrected chi connectivity index (χ2v) is 10.6. The van der Waals surface area contributed by atoms with Crippen LogP contribution >= 0.6 is 0 Å². The first-order chi connectivity index (χ1) is 21.2. The topological polar surface area (TPSA) is 187 Å². The summed E-state index contributed by atoms with van der Waals surface area (Å²) in [5, 5.41) is 10.7. The lowest BCUT2D eigenvalue weighted by atomic mass is 9.94. The van der Waals surface area contributed by atoms with Gasteiger partial charge in [0.2, 0.25) is 6.79 Å². The van der Waals surface area contributed by atoms with Gasteiger partial charge in [0.1, 0.15) is 36.9 Å². The van der Waals surface area contributed by atoms with Crippen molar-refractivity contribution in [2.75, 3.05) is 27.1 Å². The highest BCUT2D eigenvalue weighted by molar-refractivity contribution is 5.98. The molecular formula is C31H40O14. The Balaban J connectivity index is 1.75. The van der Waals surface area contributed by atoms with Gasteiger partial charge in [-0.05, 0) is 38.2 Å². The summed E-state index contributed by atoms with van der Waals surface area (Å²) in [6.45, 7) is 6.44. The molecule has 2 rings (SSSR count). The maximum absolute atomic E-state index is 12.2. The Morgan fingerprint density at radius 2 is 1.51 bits per heavy atom. The van der Waals surface area contributed by atoms with Gasteiger partial charge < -0.3 is 38.3 Å². The van der Waals surface area contributed by atoms with Crippen molar-refractivity contribution in [2.24, 2.45) is 5.92 Å². The van der Waals surface area contributed by atoms with E-state index in [1.165, 1.54) is 21.0 Å². The molecule has 1 aliphatic heterocycles. The summed E-state index contributed by atoms with van der Waals surface area (Å²) in [5.41, 5.74) is 2.70. The number of phenols is 1. The molecule has 0 aromatic heterocycles. The summed E-state index contributed by atoms with van der Waals surface area (Å²) >= 11 is 0. The van der Waals surface area contributed by atoms with Crippen LogP contribution in [0.3, 0.4) is 0 Å². The highest BCUT2D eigenvalue weighted by Crippen LogP contribution is 2.42. The Kier molecular flexibility index (Phi) is 14.3. The van der Waals surface area contributed by atoms with Gasteiger partial charge in [0, 0.05) is 44.2 Å². The summed E-state index contributed by atoms with van der Waals surface area (Å²) in [6.07, 6.45) is 1.05. The molecule has 1 unspecified atom stereocenters. The normalized spacial score (nSPS) is 13.0. The van der Waals surface area contributed by atoms with Crippen molar-refractivity contribution in [3.63, 3.8) is 0 Å². The zero-order valence-electron chi connectivity index (χ0n) is 26.4. The van der Waals surface area contributed by atoms with Crippen LogP contribution in [0.5, 0.6) is 11.5 Å². The first-order valence-electron chi connectivity index (χ1n) is 14.2. The number of hydrogen-bond acceptors (Lipinski definition) is 14. The van der Waals surface area contributed by atoms with Gasteiger partial charge in [-0.1, -0.05) is 18.6 Å². The third kappa shape index (κ3) is 11.8. The second-order valence-electron chi connectivity index (χ2n) is 10.6. The van der Waals surface area contributed by atoms with Gasteiger partial charge in [-0.25, -0.2) is 4.79 Å². The van der Waals surface area contributed by atoms with Crippen LogP contribution in [0.25, 0.3) is 0 Å². The number of methoxy groups -OCH3 is 1. The molecule has 0 bridgehead atoms. The maximum atomic E-state index is 12.2. The van der Waals surface area contributed by atoms with Crippen LogP contribution < -0.4 is 4.74 Å². The van der Waals surface area contributed by atoms with Crippen molar-refractivity contribution in [3.05, 3.63) is 33.9 Å². The van der Waals surface area contributed by atoms with E-state index in [1.807, 2.05) is 0 Å². The molecule has 14 heteroatoms. The summed E-state index contributed by atoms with van der Waals surface area (Å²) in [4.78, 5) is 70.7. The number of carbonyl (C=O) groups excluding carboxylic acids is 6. The second kappa shape index (κ2) is 17.6. The van der Waals surface area contributed by atoms with Gasteiger partial charge in [-0.15, -0.1) is 0 Å². The smallest absolute Gasteiger partial charge is 0.342 e. The number of fused-ring (bicyclic) bond motifs is 1. The molecule has 0 radical (unpaired) electrons.